The van der Waals surface area contributed by atoms with E-state index < -0.39 is 0 Å². The number of hydrogen-bond acceptors (Lipinski definition) is 2. The van der Waals surface area contributed by atoms with E-state index in [9.17, 15) is 4.79 Å². The number of β-lactam (4-membered cyclic amide) rings is 1. The van der Waals surface area contributed by atoms with Crippen LogP contribution in [0.2, 0.25) is 0 Å². The molecule has 0 saturated carbocycles. The number of amides is 1. The summed E-state index contributed by atoms with van der Waals surface area (Å²) in [4.78, 5) is 12.5. The third-order valence-electron chi connectivity index (χ3n) is 1.63. The standard InChI is InChI=1S/C7H12N4O/c8-7(9)10-3-1-4-11-5-2-6(11)12/h1,3H,2,4-5H2,(H4,8,9,10). The molecule has 1 aliphatic heterocycles. The SMILES string of the molecule is N=C(N)NC=CCN1CCC1=O. The minimum absolute atomic E-state index is 0.0961. The van der Waals surface area contributed by atoms with E-state index in [1.807, 2.05) is 0 Å². The second-order valence-electron chi connectivity index (χ2n) is 2.55. The number of rotatable bonds is 3. The van der Waals surface area contributed by atoms with Gasteiger partial charge in [-0.2, -0.15) is 0 Å². The maximum atomic E-state index is 10.8. The van der Waals surface area contributed by atoms with Crippen molar-refractivity contribution in [2.75, 3.05) is 13.1 Å². The van der Waals surface area contributed by atoms with Crippen LogP contribution in [-0.2, 0) is 4.79 Å². The maximum absolute atomic E-state index is 10.8. The number of nitrogens with zero attached hydrogens (tertiary/aromatic N) is 1. The molecular formula is C7H12N4O. The van der Waals surface area contributed by atoms with Gasteiger partial charge in [0.1, 0.15) is 0 Å². The minimum atomic E-state index is -0.0961. The molecule has 0 unspecified atom stereocenters. The molecule has 5 heteroatoms. The van der Waals surface area contributed by atoms with Crippen molar-refractivity contribution in [3.05, 3.63) is 12.3 Å². The highest BCUT2D eigenvalue weighted by atomic mass is 16.2. The Balaban J connectivity index is 2.12. The van der Waals surface area contributed by atoms with Gasteiger partial charge < -0.3 is 16.0 Å². The number of carbonyl (C=O) groups is 1. The number of nitrogens with one attached hydrogen (secondary N) is 2. The van der Waals surface area contributed by atoms with E-state index >= 15 is 0 Å². The van der Waals surface area contributed by atoms with Gasteiger partial charge in [-0.25, -0.2) is 0 Å². The molecule has 1 rings (SSSR count). The zero-order valence-corrected chi connectivity index (χ0v) is 6.71. The molecule has 1 heterocycles. The van der Waals surface area contributed by atoms with Gasteiger partial charge in [-0.15, -0.1) is 0 Å². The molecule has 0 aliphatic carbocycles. The van der Waals surface area contributed by atoms with Crippen LogP contribution in [0.15, 0.2) is 12.3 Å². The van der Waals surface area contributed by atoms with Crippen LogP contribution in [0.1, 0.15) is 6.42 Å². The molecule has 0 radical (unpaired) electrons. The van der Waals surface area contributed by atoms with Crippen LogP contribution in [0.5, 0.6) is 0 Å². The van der Waals surface area contributed by atoms with Crippen molar-refractivity contribution in [2.24, 2.45) is 5.73 Å². The summed E-state index contributed by atoms with van der Waals surface area (Å²) in [5, 5.41) is 9.32. The van der Waals surface area contributed by atoms with E-state index in [0.29, 0.717) is 13.0 Å². The van der Waals surface area contributed by atoms with Gasteiger partial charge in [-0.3, -0.25) is 10.2 Å². The second-order valence-corrected chi connectivity index (χ2v) is 2.55. The Labute approximate surface area is 70.7 Å². The predicted octanol–water partition coefficient (Wildman–Crippen LogP) is -0.785. The lowest BCUT2D eigenvalue weighted by molar-refractivity contribution is -0.138. The average Bonchev–Trinajstić information content (AvgIpc) is 2.01. The first-order valence-electron chi connectivity index (χ1n) is 3.73. The summed E-state index contributed by atoms with van der Waals surface area (Å²) in [6, 6.07) is 0. The molecule has 12 heavy (non-hydrogen) atoms. The van der Waals surface area contributed by atoms with Crippen LogP contribution in [0.3, 0.4) is 0 Å². The molecule has 1 amide bonds. The van der Waals surface area contributed by atoms with Crippen LogP contribution >= 0.6 is 0 Å². The Morgan fingerprint density at radius 3 is 3.00 bits per heavy atom. The Hall–Kier alpha value is -1.52. The quantitative estimate of drug-likeness (QED) is 0.293. The molecule has 0 atom stereocenters. The maximum Gasteiger partial charge on any atom is 0.224 e. The summed E-state index contributed by atoms with van der Waals surface area (Å²) < 4.78 is 0. The van der Waals surface area contributed by atoms with Crippen molar-refractivity contribution in [2.45, 2.75) is 6.42 Å². The van der Waals surface area contributed by atoms with E-state index in [2.05, 4.69) is 5.32 Å². The van der Waals surface area contributed by atoms with Gasteiger partial charge in [-0.1, -0.05) is 0 Å². The molecule has 0 spiro atoms. The molecule has 0 aromatic rings. The van der Waals surface area contributed by atoms with Crippen molar-refractivity contribution in [1.29, 1.82) is 5.41 Å². The van der Waals surface area contributed by atoms with Gasteiger partial charge in [0.05, 0.1) is 0 Å². The first kappa shape index (κ1) is 8.58. The van der Waals surface area contributed by atoms with E-state index in [4.69, 9.17) is 11.1 Å². The van der Waals surface area contributed by atoms with Gasteiger partial charge in [0.15, 0.2) is 5.96 Å². The summed E-state index contributed by atoms with van der Waals surface area (Å²) >= 11 is 0. The lowest BCUT2D eigenvalue weighted by Crippen LogP contribution is -2.43. The molecule has 66 valence electrons. The van der Waals surface area contributed by atoms with Crippen LogP contribution in [0.4, 0.5) is 0 Å². The zero-order valence-electron chi connectivity index (χ0n) is 6.71. The van der Waals surface area contributed by atoms with Crippen molar-refractivity contribution < 1.29 is 4.79 Å². The fraction of sp³-hybridized carbons (Fsp3) is 0.429. The van der Waals surface area contributed by atoms with Crippen LogP contribution in [0.25, 0.3) is 0 Å². The van der Waals surface area contributed by atoms with Gasteiger partial charge in [0.25, 0.3) is 0 Å². The predicted molar refractivity (Wildman–Crippen MR) is 45.4 cm³/mol. The van der Waals surface area contributed by atoms with Crippen LogP contribution < -0.4 is 11.1 Å². The molecule has 4 N–H and O–H groups in total. The number of carbonyl (C=O) groups excluding carboxylic acids is 1. The number of hydrogen-bond donors (Lipinski definition) is 3. The molecule has 0 bridgehead atoms. The summed E-state index contributed by atoms with van der Waals surface area (Å²) in [5.41, 5.74) is 5.02. The second kappa shape index (κ2) is 3.75. The van der Waals surface area contributed by atoms with Gasteiger partial charge in [-0.05, 0) is 6.08 Å². The third-order valence-corrected chi connectivity index (χ3v) is 1.63. The molecular weight excluding hydrogens is 156 g/mol. The Kier molecular flexibility index (Phi) is 2.68. The van der Waals surface area contributed by atoms with Gasteiger partial charge >= 0.3 is 0 Å². The smallest absolute Gasteiger partial charge is 0.224 e. The normalized spacial score (nSPS) is 16.3. The monoisotopic (exact) mass is 168 g/mol. The van der Waals surface area contributed by atoms with E-state index in [-0.39, 0.29) is 11.9 Å². The van der Waals surface area contributed by atoms with E-state index in [0.717, 1.165) is 6.54 Å². The van der Waals surface area contributed by atoms with Gasteiger partial charge in [0.2, 0.25) is 5.91 Å². The highest BCUT2D eigenvalue weighted by Crippen LogP contribution is 2.06. The molecule has 5 nitrogen and oxygen atoms in total. The van der Waals surface area contributed by atoms with Crippen LogP contribution in [0, 0.1) is 5.41 Å². The highest BCUT2D eigenvalue weighted by Gasteiger charge is 2.21. The molecule has 0 aromatic carbocycles. The number of guanidine groups is 1. The highest BCUT2D eigenvalue weighted by molar-refractivity contribution is 5.81. The summed E-state index contributed by atoms with van der Waals surface area (Å²) in [5.74, 6) is 0.0867. The average molecular weight is 168 g/mol. The zero-order chi connectivity index (χ0) is 8.97. The first-order chi connectivity index (χ1) is 5.70. The molecule has 1 saturated heterocycles. The van der Waals surface area contributed by atoms with Crippen LogP contribution in [-0.4, -0.2) is 29.9 Å². The van der Waals surface area contributed by atoms with E-state index in [1.165, 1.54) is 0 Å². The summed E-state index contributed by atoms with van der Waals surface area (Å²) in [7, 11) is 0. The molecule has 1 fully saturated rings. The topological polar surface area (TPSA) is 82.2 Å². The summed E-state index contributed by atoms with van der Waals surface area (Å²) in [6.45, 7) is 1.43. The van der Waals surface area contributed by atoms with Crippen molar-refractivity contribution in [3.8, 4) is 0 Å². The fourth-order valence-electron chi connectivity index (χ4n) is 0.883. The van der Waals surface area contributed by atoms with E-state index in [1.54, 1.807) is 17.2 Å². The Bertz CT molecular complexity index is 223. The minimum Gasteiger partial charge on any atom is -0.370 e. The molecule has 0 aromatic heterocycles. The van der Waals surface area contributed by atoms with Crippen molar-refractivity contribution >= 4 is 11.9 Å². The first-order valence-corrected chi connectivity index (χ1v) is 3.73. The Morgan fingerprint density at radius 1 is 1.83 bits per heavy atom. The fourth-order valence-corrected chi connectivity index (χ4v) is 0.883. The lowest BCUT2D eigenvalue weighted by atomic mass is 10.2. The molecule has 1 aliphatic rings. The van der Waals surface area contributed by atoms with Crippen molar-refractivity contribution in [3.63, 3.8) is 0 Å². The third kappa shape index (κ3) is 2.26. The lowest BCUT2D eigenvalue weighted by Gasteiger charge is -2.29. The van der Waals surface area contributed by atoms with Crippen molar-refractivity contribution in [1.82, 2.24) is 10.2 Å². The Morgan fingerprint density at radius 2 is 2.58 bits per heavy atom. The largest absolute Gasteiger partial charge is 0.370 e. The van der Waals surface area contributed by atoms with Gasteiger partial charge in [0, 0.05) is 25.7 Å². The number of nitrogens with two attached hydrogens (primary N) is 1. The summed E-state index contributed by atoms with van der Waals surface area (Å²) in [6.07, 6.45) is 3.99. The number of likely N-dealkylation sites (tertiary alicyclic amines) is 1.